The van der Waals surface area contributed by atoms with E-state index in [0.717, 1.165) is 26.6 Å². The van der Waals surface area contributed by atoms with Crippen molar-refractivity contribution >= 4 is 34.0 Å². The van der Waals surface area contributed by atoms with Gasteiger partial charge in [-0.05, 0) is 31.4 Å². The number of hydrogen-bond acceptors (Lipinski definition) is 7. The molecule has 7 heteroatoms. The van der Waals surface area contributed by atoms with Crippen LogP contribution in [0.3, 0.4) is 0 Å². The highest BCUT2D eigenvalue weighted by molar-refractivity contribution is 7.99. The van der Waals surface area contributed by atoms with Gasteiger partial charge in [-0.15, -0.1) is 11.3 Å². The van der Waals surface area contributed by atoms with Crippen molar-refractivity contribution < 1.29 is 4.52 Å². The van der Waals surface area contributed by atoms with E-state index in [9.17, 15) is 0 Å². The summed E-state index contributed by atoms with van der Waals surface area (Å²) in [4.78, 5) is 14.9. The summed E-state index contributed by atoms with van der Waals surface area (Å²) in [6.45, 7) is 3.86. The Morgan fingerprint density at radius 3 is 2.71 bits per heavy atom. The van der Waals surface area contributed by atoms with E-state index in [1.807, 2.05) is 55.6 Å². The molecule has 5 nitrogen and oxygen atoms in total. The van der Waals surface area contributed by atoms with Gasteiger partial charge in [0.05, 0.1) is 15.6 Å². The summed E-state index contributed by atoms with van der Waals surface area (Å²) in [5.74, 6) is 2.00. The van der Waals surface area contributed by atoms with Crippen LogP contribution in [0, 0.1) is 6.92 Å². The van der Waals surface area contributed by atoms with Gasteiger partial charge in [0.15, 0.2) is 11.6 Å². The number of rotatable bonds is 4. The second-order valence-corrected chi connectivity index (χ2v) is 7.56. The molecular weight excluding hydrogens is 340 g/mol. The second kappa shape index (κ2) is 6.33. The Balaban J connectivity index is 1.78. The van der Waals surface area contributed by atoms with Crippen molar-refractivity contribution in [3.63, 3.8) is 0 Å². The van der Waals surface area contributed by atoms with Crippen molar-refractivity contribution in [3.8, 4) is 10.7 Å². The number of thioether (sulfide) groups is 1. The average molecular weight is 354 g/mol. The van der Waals surface area contributed by atoms with Gasteiger partial charge in [0, 0.05) is 5.39 Å². The van der Waals surface area contributed by atoms with E-state index in [1.165, 1.54) is 0 Å². The van der Waals surface area contributed by atoms with E-state index in [4.69, 9.17) is 14.5 Å². The molecule has 0 aliphatic heterocycles. The highest BCUT2D eigenvalue weighted by atomic mass is 32.2. The lowest BCUT2D eigenvalue weighted by molar-refractivity contribution is 0.376. The van der Waals surface area contributed by atoms with E-state index in [-0.39, 0.29) is 5.25 Å². The van der Waals surface area contributed by atoms with Gasteiger partial charge in [0.2, 0.25) is 5.89 Å². The summed E-state index contributed by atoms with van der Waals surface area (Å²) in [5.41, 5.74) is 0.937. The van der Waals surface area contributed by atoms with Gasteiger partial charge in [-0.25, -0.2) is 9.97 Å². The van der Waals surface area contributed by atoms with E-state index in [2.05, 4.69) is 10.1 Å². The van der Waals surface area contributed by atoms with E-state index in [0.29, 0.717) is 11.7 Å². The monoisotopic (exact) mass is 354 g/mol. The molecule has 0 unspecified atom stereocenters. The maximum absolute atomic E-state index is 5.29. The van der Waals surface area contributed by atoms with Crippen molar-refractivity contribution in [2.24, 2.45) is 0 Å². The topological polar surface area (TPSA) is 64.7 Å². The molecule has 0 N–H and O–H groups in total. The lowest BCUT2D eigenvalue weighted by Gasteiger charge is -2.10. The fourth-order valence-corrected chi connectivity index (χ4v) is 3.98. The third-order valence-corrected chi connectivity index (χ3v) is 5.44. The summed E-state index contributed by atoms with van der Waals surface area (Å²) in [6, 6.07) is 12.1. The maximum atomic E-state index is 5.29. The van der Waals surface area contributed by atoms with Gasteiger partial charge < -0.3 is 4.52 Å². The van der Waals surface area contributed by atoms with Gasteiger partial charge in [-0.1, -0.05) is 41.2 Å². The lowest BCUT2D eigenvalue weighted by Crippen LogP contribution is -1.95. The predicted octanol–water partition coefficient (Wildman–Crippen LogP) is 4.90. The first kappa shape index (κ1) is 15.3. The number of thiophene rings is 1. The molecule has 0 radical (unpaired) electrons. The third-order valence-electron chi connectivity index (χ3n) is 3.49. The van der Waals surface area contributed by atoms with Crippen LogP contribution in [0.15, 0.2) is 51.3 Å². The zero-order chi connectivity index (χ0) is 16.5. The van der Waals surface area contributed by atoms with Gasteiger partial charge in [-0.3, -0.25) is 0 Å². The van der Waals surface area contributed by atoms with E-state index < -0.39 is 0 Å². The molecule has 0 spiro atoms. The molecule has 4 rings (SSSR count). The first-order valence-corrected chi connectivity index (χ1v) is 9.24. The molecule has 3 heterocycles. The molecule has 0 aliphatic rings. The maximum Gasteiger partial charge on any atom is 0.239 e. The summed E-state index contributed by atoms with van der Waals surface area (Å²) in [6.07, 6.45) is 0. The van der Waals surface area contributed by atoms with Crippen LogP contribution in [0.2, 0.25) is 0 Å². The largest absolute Gasteiger partial charge is 0.338 e. The molecule has 0 saturated heterocycles. The summed E-state index contributed by atoms with van der Waals surface area (Å²) < 4.78 is 5.29. The van der Waals surface area contributed by atoms with Crippen LogP contribution in [0.5, 0.6) is 0 Å². The van der Waals surface area contributed by atoms with Gasteiger partial charge in [0.25, 0.3) is 0 Å². The minimum Gasteiger partial charge on any atom is -0.338 e. The Kier molecular flexibility index (Phi) is 4.03. The number of aryl methyl sites for hydroxylation is 1. The normalized spacial score (nSPS) is 12.6. The first-order valence-electron chi connectivity index (χ1n) is 7.48. The summed E-state index contributed by atoms with van der Waals surface area (Å²) >= 11 is 3.24. The Morgan fingerprint density at radius 1 is 1.08 bits per heavy atom. The lowest BCUT2D eigenvalue weighted by atomic mass is 10.2. The fourth-order valence-electron chi connectivity index (χ4n) is 2.35. The molecule has 24 heavy (non-hydrogen) atoms. The van der Waals surface area contributed by atoms with Crippen molar-refractivity contribution in [2.75, 3.05) is 0 Å². The summed E-state index contributed by atoms with van der Waals surface area (Å²) in [5, 5.41) is 7.87. The van der Waals surface area contributed by atoms with E-state index >= 15 is 0 Å². The van der Waals surface area contributed by atoms with Crippen molar-refractivity contribution in [1.29, 1.82) is 0 Å². The van der Waals surface area contributed by atoms with Crippen LogP contribution >= 0.6 is 23.1 Å². The molecule has 3 aromatic heterocycles. The molecule has 1 aromatic carbocycles. The smallest absolute Gasteiger partial charge is 0.239 e. The van der Waals surface area contributed by atoms with Crippen LogP contribution in [0.1, 0.15) is 23.9 Å². The number of fused-ring (bicyclic) bond motifs is 1. The Hall–Kier alpha value is -2.25. The molecule has 120 valence electrons. The highest BCUT2D eigenvalue weighted by Gasteiger charge is 2.18. The highest BCUT2D eigenvalue weighted by Crippen LogP contribution is 2.37. The molecular formula is C17H14N4OS2. The Labute approximate surface area is 147 Å². The fraction of sp³-hybridized carbons (Fsp3) is 0.176. The van der Waals surface area contributed by atoms with Crippen LogP contribution in [0.4, 0.5) is 0 Å². The first-order chi connectivity index (χ1) is 11.7. The minimum absolute atomic E-state index is 0.0145. The van der Waals surface area contributed by atoms with Gasteiger partial charge >= 0.3 is 0 Å². The van der Waals surface area contributed by atoms with Crippen LogP contribution in [-0.4, -0.2) is 20.1 Å². The molecule has 0 amide bonds. The number of aromatic nitrogens is 4. The molecule has 0 saturated carbocycles. The van der Waals surface area contributed by atoms with Crippen LogP contribution < -0.4 is 0 Å². The standard InChI is InChI=1S/C17H14N4OS2/c1-10(16-18-11(2)21-22-16)24-17-12-6-3-4-7-13(12)19-15(20-17)14-8-5-9-23-14/h3-10H,1-2H3/t10-/m0/s1. The van der Waals surface area contributed by atoms with Gasteiger partial charge in [0.1, 0.15) is 5.03 Å². The molecule has 0 bridgehead atoms. The molecule has 4 aromatic rings. The SMILES string of the molecule is Cc1noc([C@H](C)Sc2nc(-c3cccs3)nc3ccccc23)n1. The number of benzene rings is 1. The molecule has 0 aliphatic carbocycles. The molecule has 1 atom stereocenters. The minimum atomic E-state index is 0.0145. The second-order valence-electron chi connectivity index (χ2n) is 5.29. The predicted molar refractivity (Wildman–Crippen MR) is 96.2 cm³/mol. The van der Waals surface area contributed by atoms with Crippen LogP contribution in [0.25, 0.3) is 21.6 Å². The van der Waals surface area contributed by atoms with E-state index in [1.54, 1.807) is 23.1 Å². The zero-order valence-corrected chi connectivity index (χ0v) is 14.8. The Morgan fingerprint density at radius 2 is 1.96 bits per heavy atom. The number of nitrogens with zero attached hydrogens (tertiary/aromatic N) is 4. The third kappa shape index (κ3) is 2.92. The molecule has 0 fully saturated rings. The summed E-state index contributed by atoms with van der Waals surface area (Å²) in [7, 11) is 0. The quantitative estimate of drug-likeness (QED) is 0.383. The zero-order valence-electron chi connectivity index (χ0n) is 13.1. The van der Waals surface area contributed by atoms with Crippen molar-refractivity contribution in [2.45, 2.75) is 24.1 Å². The van der Waals surface area contributed by atoms with Gasteiger partial charge in [-0.2, -0.15) is 4.98 Å². The Bertz CT molecular complexity index is 981. The number of para-hydroxylation sites is 1. The average Bonchev–Trinajstić information content (AvgIpc) is 3.26. The van der Waals surface area contributed by atoms with Crippen molar-refractivity contribution in [3.05, 3.63) is 53.5 Å². The van der Waals surface area contributed by atoms with Crippen LogP contribution in [-0.2, 0) is 0 Å². The van der Waals surface area contributed by atoms with Crippen molar-refractivity contribution in [1.82, 2.24) is 20.1 Å². The number of hydrogen-bond donors (Lipinski definition) is 0.